The second-order valence-electron chi connectivity index (χ2n) is 8.14. The van der Waals surface area contributed by atoms with Crippen molar-refractivity contribution in [1.29, 1.82) is 0 Å². The molecule has 0 radical (unpaired) electrons. The van der Waals surface area contributed by atoms with Gasteiger partial charge in [-0.15, -0.1) is 0 Å². The van der Waals surface area contributed by atoms with Crippen molar-refractivity contribution < 1.29 is 23.9 Å². The molecule has 3 aromatic carbocycles. The Morgan fingerprint density at radius 1 is 0.972 bits per heavy atom. The number of oxime groups is 1. The van der Waals surface area contributed by atoms with Gasteiger partial charge in [-0.05, 0) is 54.5 Å². The Morgan fingerprint density at radius 2 is 1.67 bits per heavy atom. The molecule has 0 heterocycles. The summed E-state index contributed by atoms with van der Waals surface area (Å²) in [6, 6.07) is 23.0. The first-order chi connectivity index (χ1) is 17.5. The maximum Gasteiger partial charge on any atom is 0.144 e. The molecule has 0 fully saturated rings. The van der Waals surface area contributed by atoms with Gasteiger partial charge in [-0.1, -0.05) is 53.2 Å². The molecular weight excluding hydrogens is 456 g/mol. The number of hydrogen-bond acceptors (Lipinski definition) is 7. The second-order valence-corrected chi connectivity index (χ2v) is 8.14. The van der Waals surface area contributed by atoms with Crippen LogP contribution in [0.15, 0.2) is 89.7 Å². The smallest absolute Gasteiger partial charge is 0.144 e. The molecule has 3 rings (SSSR count). The molecule has 0 aromatic heterocycles. The van der Waals surface area contributed by atoms with Crippen molar-refractivity contribution in [3.8, 4) is 11.5 Å². The maximum absolute atomic E-state index is 11.0. The van der Waals surface area contributed by atoms with Gasteiger partial charge in [0.25, 0.3) is 0 Å². The van der Waals surface area contributed by atoms with E-state index in [2.05, 4.69) is 5.16 Å². The Labute approximate surface area is 211 Å². The molecule has 7 nitrogen and oxygen atoms in total. The fourth-order valence-electron chi connectivity index (χ4n) is 3.65. The first-order valence-corrected chi connectivity index (χ1v) is 11.5. The Kier molecular flexibility index (Phi) is 9.82. The molecule has 0 bridgehead atoms. The van der Waals surface area contributed by atoms with Gasteiger partial charge < -0.3 is 24.8 Å². The van der Waals surface area contributed by atoms with Crippen LogP contribution in [0.3, 0.4) is 0 Å². The van der Waals surface area contributed by atoms with Gasteiger partial charge in [0.2, 0.25) is 0 Å². The van der Waals surface area contributed by atoms with E-state index in [0.717, 1.165) is 28.5 Å². The predicted octanol–water partition coefficient (Wildman–Crippen LogP) is 4.72. The van der Waals surface area contributed by atoms with Gasteiger partial charge in [0, 0.05) is 23.6 Å². The number of ether oxygens (including phenoxy) is 2. The molecule has 0 saturated heterocycles. The summed E-state index contributed by atoms with van der Waals surface area (Å²) in [5, 5.41) is 4.11. The summed E-state index contributed by atoms with van der Waals surface area (Å²) in [4.78, 5) is 26.7. The molecule has 1 unspecified atom stereocenters. The molecule has 7 heteroatoms. The fourth-order valence-corrected chi connectivity index (χ4v) is 3.65. The average Bonchev–Trinajstić information content (AvgIpc) is 2.89. The standard InChI is InChI=1S/C29H30N2O5/c1-21-4-3-5-24(18-21)29(31-34-2)20-36-25-10-6-22(7-11-25)19-35-26-12-8-23(9-13-26)27(14-16-32)28(30)15-17-33/h3-13,15-18,27H,14,19-20,30H2,1-2H3/b28-15?,31-29+. The SMILES string of the molecule is CO/N=C(\COc1ccc(COc2ccc(C(CC=O)C(N)=CC=O)cc2)cc1)c1cccc(C)c1. The molecule has 0 aliphatic heterocycles. The zero-order valence-corrected chi connectivity index (χ0v) is 20.4. The Balaban J connectivity index is 1.56. The van der Waals surface area contributed by atoms with Gasteiger partial charge in [-0.25, -0.2) is 0 Å². The first kappa shape index (κ1) is 26.2. The van der Waals surface area contributed by atoms with Crippen molar-refractivity contribution in [2.75, 3.05) is 13.7 Å². The van der Waals surface area contributed by atoms with Crippen molar-refractivity contribution >= 4 is 18.3 Å². The third-order valence-electron chi connectivity index (χ3n) is 5.53. The number of nitrogens with zero attached hydrogens (tertiary/aromatic N) is 1. The molecule has 2 N–H and O–H groups in total. The quantitative estimate of drug-likeness (QED) is 0.162. The van der Waals surface area contributed by atoms with E-state index in [-0.39, 0.29) is 18.9 Å². The molecule has 186 valence electrons. The van der Waals surface area contributed by atoms with Gasteiger partial charge in [0.05, 0.1) is 0 Å². The summed E-state index contributed by atoms with van der Waals surface area (Å²) in [5.74, 6) is 1.05. The third kappa shape index (κ3) is 7.56. The summed E-state index contributed by atoms with van der Waals surface area (Å²) in [6.45, 7) is 2.68. The minimum atomic E-state index is -0.338. The van der Waals surface area contributed by atoms with E-state index in [9.17, 15) is 9.59 Å². The molecule has 0 aliphatic carbocycles. The lowest BCUT2D eigenvalue weighted by atomic mass is 9.93. The predicted molar refractivity (Wildman–Crippen MR) is 139 cm³/mol. The molecule has 0 spiro atoms. The highest BCUT2D eigenvalue weighted by molar-refractivity contribution is 6.01. The minimum Gasteiger partial charge on any atom is -0.489 e. The fraction of sp³-hybridized carbons (Fsp3) is 0.207. The molecule has 0 amide bonds. The van der Waals surface area contributed by atoms with Crippen LogP contribution >= 0.6 is 0 Å². The van der Waals surface area contributed by atoms with Gasteiger partial charge in [0.1, 0.15) is 50.1 Å². The zero-order chi connectivity index (χ0) is 25.8. The van der Waals surface area contributed by atoms with Gasteiger partial charge in [0.15, 0.2) is 0 Å². The number of aldehydes is 2. The van der Waals surface area contributed by atoms with Crippen molar-refractivity contribution in [3.05, 3.63) is 107 Å². The van der Waals surface area contributed by atoms with Gasteiger partial charge in [-0.3, -0.25) is 4.79 Å². The summed E-state index contributed by atoms with van der Waals surface area (Å²) in [6.07, 6.45) is 2.90. The first-order valence-electron chi connectivity index (χ1n) is 11.5. The van der Waals surface area contributed by atoms with E-state index < -0.39 is 0 Å². The Bertz CT molecular complexity index is 1200. The molecule has 1 atom stereocenters. The number of carbonyl (C=O) groups excluding carboxylic acids is 2. The topological polar surface area (TPSA) is 100 Å². The van der Waals surface area contributed by atoms with E-state index in [1.54, 1.807) is 0 Å². The number of aryl methyl sites for hydroxylation is 1. The Hall–Kier alpha value is -4.39. The van der Waals surface area contributed by atoms with Crippen LogP contribution in [0.2, 0.25) is 0 Å². The van der Waals surface area contributed by atoms with Crippen molar-refractivity contribution in [2.24, 2.45) is 10.9 Å². The summed E-state index contributed by atoms with van der Waals surface area (Å²) in [7, 11) is 1.52. The third-order valence-corrected chi connectivity index (χ3v) is 5.53. The minimum absolute atomic E-state index is 0.203. The van der Waals surface area contributed by atoms with Crippen LogP contribution < -0.4 is 15.2 Å². The van der Waals surface area contributed by atoms with Crippen LogP contribution in [0.1, 0.15) is 34.6 Å². The highest BCUT2D eigenvalue weighted by Crippen LogP contribution is 2.26. The molecule has 3 aromatic rings. The second kappa shape index (κ2) is 13.5. The molecule has 36 heavy (non-hydrogen) atoms. The molecule has 0 saturated carbocycles. The van der Waals surface area contributed by atoms with Gasteiger partial charge in [-0.2, -0.15) is 0 Å². The number of hydrogen-bond donors (Lipinski definition) is 1. The Morgan fingerprint density at radius 3 is 2.31 bits per heavy atom. The monoisotopic (exact) mass is 486 g/mol. The number of carbonyl (C=O) groups is 2. The van der Waals surface area contributed by atoms with Crippen LogP contribution in [0.4, 0.5) is 0 Å². The number of allylic oxidation sites excluding steroid dienone is 2. The van der Waals surface area contributed by atoms with E-state index in [4.69, 9.17) is 20.0 Å². The zero-order valence-electron chi connectivity index (χ0n) is 20.4. The highest BCUT2D eigenvalue weighted by atomic mass is 16.6. The van der Waals surface area contributed by atoms with Crippen molar-refractivity contribution in [1.82, 2.24) is 0 Å². The number of rotatable bonds is 13. The lowest BCUT2D eigenvalue weighted by Gasteiger charge is -2.15. The van der Waals surface area contributed by atoms with E-state index in [1.165, 1.54) is 13.2 Å². The number of benzene rings is 3. The summed E-state index contributed by atoms with van der Waals surface area (Å²) < 4.78 is 11.8. The van der Waals surface area contributed by atoms with Crippen LogP contribution in [0, 0.1) is 6.92 Å². The van der Waals surface area contributed by atoms with Gasteiger partial charge >= 0.3 is 0 Å². The van der Waals surface area contributed by atoms with Crippen molar-refractivity contribution in [2.45, 2.75) is 25.9 Å². The van der Waals surface area contributed by atoms with Crippen LogP contribution in [-0.2, 0) is 21.0 Å². The maximum atomic E-state index is 11.0. The average molecular weight is 487 g/mol. The van der Waals surface area contributed by atoms with E-state index >= 15 is 0 Å². The van der Waals surface area contributed by atoms with Crippen molar-refractivity contribution in [3.63, 3.8) is 0 Å². The summed E-state index contributed by atoms with van der Waals surface area (Å²) >= 11 is 0. The van der Waals surface area contributed by atoms with Crippen LogP contribution in [-0.4, -0.2) is 32.0 Å². The number of nitrogens with two attached hydrogens (primary N) is 1. The summed E-state index contributed by atoms with van der Waals surface area (Å²) in [5.41, 5.74) is 10.9. The van der Waals surface area contributed by atoms with E-state index in [1.807, 2.05) is 79.7 Å². The van der Waals surface area contributed by atoms with Crippen LogP contribution in [0.5, 0.6) is 11.5 Å². The lowest BCUT2D eigenvalue weighted by Crippen LogP contribution is -2.13. The van der Waals surface area contributed by atoms with E-state index in [0.29, 0.717) is 35.8 Å². The highest BCUT2D eigenvalue weighted by Gasteiger charge is 2.14. The largest absolute Gasteiger partial charge is 0.489 e. The molecule has 0 aliphatic rings. The lowest BCUT2D eigenvalue weighted by molar-refractivity contribution is -0.108. The van der Waals surface area contributed by atoms with Crippen LogP contribution in [0.25, 0.3) is 0 Å². The molecular formula is C29H30N2O5. The normalized spacial score (nSPS) is 12.5.